The lowest BCUT2D eigenvalue weighted by Gasteiger charge is -2.23. The van der Waals surface area contributed by atoms with Crippen LogP contribution in [0.3, 0.4) is 0 Å². The van der Waals surface area contributed by atoms with Crippen LogP contribution < -0.4 is 5.32 Å². The van der Waals surface area contributed by atoms with Crippen LogP contribution in [0.15, 0.2) is 0 Å². The van der Waals surface area contributed by atoms with Gasteiger partial charge in [-0.25, -0.2) is 0 Å². The first-order chi connectivity index (χ1) is 8.29. The highest BCUT2D eigenvalue weighted by atomic mass is 16.5. The minimum Gasteiger partial charge on any atom is -0.383 e. The SMILES string of the molecule is COCCN(C)CCNCC1CC2CCC1C2. The van der Waals surface area contributed by atoms with Crippen molar-refractivity contribution < 1.29 is 4.74 Å². The summed E-state index contributed by atoms with van der Waals surface area (Å²) in [4.78, 5) is 2.33. The zero-order chi connectivity index (χ0) is 12.1. The predicted octanol–water partition coefficient (Wildman–Crippen LogP) is 1.59. The van der Waals surface area contributed by atoms with E-state index in [1.807, 2.05) is 0 Å². The number of hydrogen-bond donors (Lipinski definition) is 1. The highest BCUT2D eigenvalue weighted by Crippen LogP contribution is 2.47. The minimum atomic E-state index is 0.836. The molecule has 3 heteroatoms. The number of nitrogens with zero attached hydrogens (tertiary/aromatic N) is 1. The standard InChI is InChI=1S/C14H28N2O/c1-16(7-8-17-2)6-5-15-11-14-10-12-3-4-13(14)9-12/h12-15H,3-11H2,1-2H3. The molecule has 0 radical (unpaired) electrons. The molecule has 3 atom stereocenters. The number of fused-ring (bicyclic) bond motifs is 2. The second-order valence-electron chi connectivity index (χ2n) is 5.94. The summed E-state index contributed by atoms with van der Waals surface area (Å²) < 4.78 is 5.07. The molecule has 2 saturated carbocycles. The molecule has 0 aliphatic heterocycles. The first kappa shape index (κ1) is 13.3. The number of methoxy groups -OCH3 is 1. The Bertz CT molecular complexity index is 222. The molecule has 3 unspecified atom stereocenters. The van der Waals surface area contributed by atoms with Gasteiger partial charge in [0.1, 0.15) is 0 Å². The molecular formula is C14H28N2O. The van der Waals surface area contributed by atoms with Crippen molar-refractivity contribution in [1.82, 2.24) is 10.2 Å². The summed E-state index contributed by atoms with van der Waals surface area (Å²) >= 11 is 0. The van der Waals surface area contributed by atoms with E-state index in [2.05, 4.69) is 17.3 Å². The van der Waals surface area contributed by atoms with E-state index in [0.29, 0.717) is 0 Å². The smallest absolute Gasteiger partial charge is 0.0589 e. The van der Waals surface area contributed by atoms with E-state index < -0.39 is 0 Å². The molecule has 1 N–H and O–H groups in total. The molecule has 2 aliphatic carbocycles. The molecule has 2 aliphatic rings. The van der Waals surface area contributed by atoms with Gasteiger partial charge >= 0.3 is 0 Å². The Kier molecular flexibility index (Phi) is 5.26. The van der Waals surface area contributed by atoms with Crippen LogP contribution in [-0.2, 0) is 4.74 Å². The van der Waals surface area contributed by atoms with Crippen LogP contribution >= 0.6 is 0 Å². The fourth-order valence-electron chi connectivity index (χ4n) is 3.54. The molecule has 17 heavy (non-hydrogen) atoms. The van der Waals surface area contributed by atoms with Gasteiger partial charge in [-0.05, 0) is 50.6 Å². The van der Waals surface area contributed by atoms with Crippen LogP contribution in [0.1, 0.15) is 25.7 Å². The first-order valence-electron chi connectivity index (χ1n) is 7.17. The van der Waals surface area contributed by atoms with Gasteiger partial charge in [0.2, 0.25) is 0 Å². The number of hydrogen-bond acceptors (Lipinski definition) is 3. The van der Waals surface area contributed by atoms with E-state index in [9.17, 15) is 0 Å². The van der Waals surface area contributed by atoms with Crippen LogP contribution in [0.25, 0.3) is 0 Å². The van der Waals surface area contributed by atoms with E-state index in [0.717, 1.165) is 44.0 Å². The highest BCUT2D eigenvalue weighted by Gasteiger charge is 2.38. The zero-order valence-electron chi connectivity index (χ0n) is 11.5. The molecule has 0 heterocycles. The van der Waals surface area contributed by atoms with Crippen LogP contribution in [0.4, 0.5) is 0 Å². The van der Waals surface area contributed by atoms with Crippen LogP contribution in [0, 0.1) is 17.8 Å². The molecule has 0 saturated heterocycles. The number of likely N-dealkylation sites (N-methyl/N-ethyl adjacent to an activating group) is 1. The molecule has 2 fully saturated rings. The van der Waals surface area contributed by atoms with E-state index in [4.69, 9.17) is 4.74 Å². The van der Waals surface area contributed by atoms with Crippen molar-refractivity contribution in [2.75, 3.05) is 46.9 Å². The van der Waals surface area contributed by atoms with Gasteiger partial charge < -0.3 is 15.0 Å². The average Bonchev–Trinajstić information content (AvgIpc) is 2.94. The number of nitrogens with one attached hydrogen (secondary N) is 1. The van der Waals surface area contributed by atoms with E-state index in [1.54, 1.807) is 7.11 Å². The van der Waals surface area contributed by atoms with Crippen molar-refractivity contribution in [1.29, 1.82) is 0 Å². The van der Waals surface area contributed by atoms with Crippen LogP contribution in [-0.4, -0.2) is 51.8 Å². The summed E-state index contributed by atoms with van der Waals surface area (Å²) in [7, 11) is 3.93. The largest absolute Gasteiger partial charge is 0.383 e. The summed E-state index contributed by atoms with van der Waals surface area (Å²) in [5, 5.41) is 3.64. The van der Waals surface area contributed by atoms with Crippen molar-refractivity contribution in [2.24, 2.45) is 17.8 Å². The Labute approximate surface area is 106 Å². The maximum absolute atomic E-state index is 5.07. The lowest BCUT2D eigenvalue weighted by atomic mass is 9.89. The molecule has 2 bridgehead atoms. The Morgan fingerprint density at radius 2 is 2.12 bits per heavy atom. The topological polar surface area (TPSA) is 24.5 Å². The summed E-state index contributed by atoms with van der Waals surface area (Å²) in [5.41, 5.74) is 0. The fraction of sp³-hybridized carbons (Fsp3) is 1.00. The average molecular weight is 240 g/mol. The van der Waals surface area contributed by atoms with Gasteiger partial charge in [0.15, 0.2) is 0 Å². The van der Waals surface area contributed by atoms with E-state index in [-0.39, 0.29) is 0 Å². The zero-order valence-corrected chi connectivity index (χ0v) is 11.5. The Hall–Kier alpha value is -0.120. The minimum absolute atomic E-state index is 0.836. The Balaban J connectivity index is 1.49. The lowest BCUT2D eigenvalue weighted by molar-refractivity contribution is 0.161. The second-order valence-corrected chi connectivity index (χ2v) is 5.94. The molecule has 100 valence electrons. The Morgan fingerprint density at radius 1 is 1.24 bits per heavy atom. The molecular weight excluding hydrogens is 212 g/mol. The molecule has 0 amide bonds. The summed E-state index contributed by atoms with van der Waals surface area (Å²) in [5.74, 6) is 3.12. The van der Waals surface area contributed by atoms with Gasteiger partial charge in [-0.3, -0.25) is 0 Å². The maximum atomic E-state index is 5.07. The van der Waals surface area contributed by atoms with Crippen molar-refractivity contribution >= 4 is 0 Å². The van der Waals surface area contributed by atoms with Crippen molar-refractivity contribution in [3.05, 3.63) is 0 Å². The van der Waals surface area contributed by atoms with Crippen LogP contribution in [0.2, 0.25) is 0 Å². The van der Waals surface area contributed by atoms with Gasteiger partial charge in [-0.2, -0.15) is 0 Å². The van der Waals surface area contributed by atoms with E-state index >= 15 is 0 Å². The van der Waals surface area contributed by atoms with Gasteiger partial charge in [0, 0.05) is 26.7 Å². The highest BCUT2D eigenvalue weighted by molar-refractivity contribution is 4.90. The predicted molar refractivity (Wildman–Crippen MR) is 71.2 cm³/mol. The monoisotopic (exact) mass is 240 g/mol. The van der Waals surface area contributed by atoms with Gasteiger partial charge in [0.05, 0.1) is 6.61 Å². The number of ether oxygens (including phenoxy) is 1. The number of rotatable bonds is 8. The molecule has 3 nitrogen and oxygen atoms in total. The molecule has 2 rings (SSSR count). The van der Waals surface area contributed by atoms with Gasteiger partial charge in [-0.15, -0.1) is 0 Å². The van der Waals surface area contributed by atoms with Crippen molar-refractivity contribution in [3.63, 3.8) is 0 Å². The van der Waals surface area contributed by atoms with Gasteiger partial charge in [0.25, 0.3) is 0 Å². The summed E-state index contributed by atoms with van der Waals surface area (Å²) in [6, 6.07) is 0. The molecule has 0 spiro atoms. The molecule has 0 aromatic rings. The van der Waals surface area contributed by atoms with Gasteiger partial charge in [-0.1, -0.05) is 6.42 Å². The fourth-order valence-corrected chi connectivity index (χ4v) is 3.54. The maximum Gasteiger partial charge on any atom is 0.0589 e. The third-order valence-corrected chi connectivity index (χ3v) is 4.64. The van der Waals surface area contributed by atoms with Crippen molar-refractivity contribution in [2.45, 2.75) is 25.7 Å². The quantitative estimate of drug-likeness (QED) is 0.652. The summed E-state index contributed by atoms with van der Waals surface area (Å²) in [6.45, 7) is 5.37. The Morgan fingerprint density at radius 3 is 2.76 bits per heavy atom. The lowest BCUT2D eigenvalue weighted by Crippen LogP contribution is -2.34. The molecule has 0 aromatic heterocycles. The van der Waals surface area contributed by atoms with Crippen molar-refractivity contribution in [3.8, 4) is 0 Å². The third kappa shape index (κ3) is 3.94. The molecule has 0 aromatic carbocycles. The third-order valence-electron chi connectivity index (χ3n) is 4.64. The van der Waals surface area contributed by atoms with E-state index in [1.165, 1.54) is 32.2 Å². The van der Waals surface area contributed by atoms with Crippen LogP contribution in [0.5, 0.6) is 0 Å². The summed E-state index contributed by atoms with van der Waals surface area (Å²) in [6.07, 6.45) is 6.04. The first-order valence-corrected chi connectivity index (χ1v) is 7.17. The normalized spacial score (nSPS) is 31.6. The second kappa shape index (κ2) is 6.72.